The largest absolute Gasteiger partial charge is 0.393 e. The predicted molar refractivity (Wildman–Crippen MR) is 67.5 cm³/mol. The van der Waals surface area contributed by atoms with Gasteiger partial charge in [0.15, 0.2) is 0 Å². The Bertz CT molecular complexity index is 351. The van der Waals surface area contributed by atoms with Crippen LogP contribution in [0.5, 0.6) is 0 Å². The molecule has 2 N–H and O–H groups in total. The maximum absolute atomic E-state index is 11.2. The summed E-state index contributed by atoms with van der Waals surface area (Å²) in [4.78, 5) is 0. The molecule has 0 aliphatic heterocycles. The fourth-order valence-corrected chi connectivity index (χ4v) is 5.13. The van der Waals surface area contributed by atoms with Gasteiger partial charge in [-0.3, -0.25) is 0 Å². The van der Waals surface area contributed by atoms with Gasteiger partial charge in [0.25, 0.3) is 0 Å². The Kier molecular flexibility index (Phi) is 2.17. The van der Waals surface area contributed by atoms with E-state index in [0.717, 1.165) is 18.8 Å². The van der Waals surface area contributed by atoms with E-state index in [-0.39, 0.29) is 17.4 Å². The molecule has 6 atom stereocenters. The minimum atomic E-state index is -0.636. The van der Waals surface area contributed by atoms with Gasteiger partial charge in [-0.2, -0.15) is 0 Å². The van der Waals surface area contributed by atoms with E-state index in [1.165, 1.54) is 12.8 Å². The van der Waals surface area contributed by atoms with Crippen molar-refractivity contribution >= 4 is 0 Å². The van der Waals surface area contributed by atoms with Crippen LogP contribution < -0.4 is 0 Å². The van der Waals surface area contributed by atoms with Crippen molar-refractivity contribution in [2.45, 2.75) is 65.1 Å². The first-order chi connectivity index (χ1) is 7.69. The Morgan fingerprint density at radius 3 is 2.41 bits per heavy atom. The van der Waals surface area contributed by atoms with Crippen molar-refractivity contribution < 1.29 is 10.2 Å². The Hall–Kier alpha value is -0.0800. The minimum absolute atomic E-state index is 0.0305. The van der Waals surface area contributed by atoms with Gasteiger partial charge in [0.1, 0.15) is 0 Å². The van der Waals surface area contributed by atoms with E-state index in [9.17, 15) is 10.2 Å². The molecule has 3 aliphatic rings. The molecule has 0 spiro atoms. The lowest BCUT2D eigenvalue weighted by molar-refractivity contribution is -0.0836. The number of aliphatic hydroxyl groups is 2. The molecule has 0 unspecified atom stereocenters. The van der Waals surface area contributed by atoms with Gasteiger partial charge in [0.2, 0.25) is 0 Å². The van der Waals surface area contributed by atoms with Crippen molar-refractivity contribution in [3.05, 3.63) is 0 Å². The summed E-state index contributed by atoms with van der Waals surface area (Å²) in [5, 5.41) is 21.3. The molecule has 98 valence electrons. The summed E-state index contributed by atoms with van der Waals surface area (Å²) in [7, 11) is 0. The highest BCUT2D eigenvalue weighted by molar-refractivity contribution is 5.18. The van der Waals surface area contributed by atoms with Gasteiger partial charge in [-0.15, -0.1) is 0 Å². The van der Waals surface area contributed by atoms with E-state index >= 15 is 0 Å². The van der Waals surface area contributed by atoms with Crippen LogP contribution in [-0.2, 0) is 0 Å². The number of aliphatic hydroxyl groups excluding tert-OH is 1. The quantitative estimate of drug-likeness (QED) is 0.681. The van der Waals surface area contributed by atoms with Gasteiger partial charge < -0.3 is 10.2 Å². The van der Waals surface area contributed by atoms with Crippen LogP contribution in [0.3, 0.4) is 0 Å². The van der Waals surface area contributed by atoms with Crippen LogP contribution in [0, 0.1) is 28.6 Å². The first kappa shape index (κ1) is 12.0. The molecule has 3 rings (SSSR count). The highest BCUT2D eigenvalue weighted by Crippen LogP contribution is 2.71. The summed E-state index contributed by atoms with van der Waals surface area (Å²) >= 11 is 0. The van der Waals surface area contributed by atoms with E-state index in [0.29, 0.717) is 11.3 Å². The zero-order chi connectivity index (χ0) is 12.6. The molecule has 0 saturated heterocycles. The van der Waals surface area contributed by atoms with Crippen LogP contribution in [0.15, 0.2) is 0 Å². The molecule has 0 radical (unpaired) electrons. The second-order valence-corrected chi connectivity index (χ2v) is 8.09. The van der Waals surface area contributed by atoms with Gasteiger partial charge in [-0.25, -0.2) is 0 Å². The van der Waals surface area contributed by atoms with Crippen LogP contribution in [-0.4, -0.2) is 21.9 Å². The zero-order valence-electron chi connectivity index (χ0n) is 11.5. The third-order valence-corrected chi connectivity index (χ3v) is 6.26. The van der Waals surface area contributed by atoms with E-state index in [4.69, 9.17) is 0 Å². The molecule has 0 amide bonds. The Morgan fingerprint density at radius 1 is 1.12 bits per heavy atom. The minimum Gasteiger partial charge on any atom is -0.393 e. The lowest BCUT2D eigenvalue weighted by Gasteiger charge is -2.40. The van der Waals surface area contributed by atoms with Crippen LogP contribution in [0.1, 0.15) is 53.4 Å². The summed E-state index contributed by atoms with van der Waals surface area (Å²) in [6, 6.07) is 0. The molecular weight excluding hydrogens is 212 g/mol. The summed E-state index contributed by atoms with van der Waals surface area (Å²) in [5.41, 5.74) is -0.124. The molecular formula is C15H26O2. The van der Waals surface area contributed by atoms with Crippen LogP contribution >= 0.6 is 0 Å². The number of hydrogen-bond donors (Lipinski definition) is 2. The molecule has 2 heteroatoms. The van der Waals surface area contributed by atoms with Crippen molar-refractivity contribution in [1.82, 2.24) is 0 Å². The Labute approximate surface area is 104 Å². The maximum atomic E-state index is 11.2. The second-order valence-electron chi connectivity index (χ2n) is 8.09. The van der Waals surface area contributed by atoms with Crippen molar-refractivity contribution in [3.63, 3.8) is 0 Å². The monoisotopic (exact) mass is 238 g/mol. The fraction of sp³-hybridized carbons (Fsp3) is 1.00. The van der Waals surface area contributed by atoms with Crippen molar-refractivity contribution in [3.8, 4) is 0 Å². The van der Waals surface area contributed by atoms with E-state index in [1.54, 1.807) is 0 Å². The molecule has 2 nitrogen and oxygen atoms in total. The molecule has 0 aromatic heterocycles. The number of hydrogen-bond acceptors (Lipinski definition) is 2. The standard InChI is InChI=1S/C15H26O2/c1-9-11(16)5-12-14(4)7-10(14)6-13(2,3)8-15(9,12)17/h9-12,16-17H,5-8H2,1-4H3/t9-,10-,11+,12-,14+,15+/m0/s1. The summed E-state index contributed by atoms with van der Waals surface area (Å²) in [6.45, 7) is 8.93. The molecule has 3 saturated carbocycles. The summed E-state index contributed by atoms with van der Waals surface area (Å²) < 4.78 is 0. The van der Waals surface area contributed by atoms with E-state index < -0.39 is 5.60 Å². The lowest BCUT2D eigenvalue weighted by Crippen LogP contribution is -2.45. The zero-order valence-corrected chi connectivity index (χ0v) is 11.5. The van der Waals surface area contributed by atoms with Crippen LogP contribution in [0.4, 0.5) is 0 Å². The molecule has 3 fully saturated rings. The molecule has 0 bridgehead atoms. The van der Waals surface area contributed by atoms with Crippen molar-refractivity contribution in [1.29, 1.82) is 0 Å². The maximum Gasteiger partial charge on any atom is 0.0737 e. The van der Waals surface area contributed by atoms with Gasteiger partial charge in [0.05, 0.1) is 11.7 Å². The van der Waals surface area contributed by atoms with Gasteiger partial charge in [-0.05, 0) is 48.3 Å². The van der Waals surface area contributed by atoms with E-state index in [1.807, 2.05) is 6.92 Å². The van der Waals surface area contributed by atoms with Crippen molar-refractivity contribution in [2.75, 3.05) is 0 Å². The number of rotatable bonds is 0. The third-order valence-electron chi connectivity index (χ3n) is 6.26. The Morgan fingerprint density at radius 2 is 1.76 bits per heavy atom. The highest BCUT2D eigenvalue weighted by Gasteiger charge is 2.68. The number of fused-ring (bicyclic) bond motifs is 3. The highest BCUT2D eigenvalue weighted by atomic mass is 16.3. The van der Waals surface area contributed by atoms with Crippen LogP contribution in [0.2, 0.25) is 0 Å². The lowest BCUT2D eigenvalue weighted by atomic mass is 9.70. The summed E-state index contributed by atoms with van der Waals surface area (Å²) in [6.07, 6.45) is 3.85. The molecule has 0 aromatic rings. The first-order valence-corrected chi connectivity index (χ1v) is 7.09. The molecule has 3 aliphatic carbocycles. The SMILES string of the molecule is C[C@H]1[C@H](O)C[C@H]2[C@]3(C)C[C@@H]3CC(C)(C)C[C@@]12O. The average molecular weight is 238 g/mol. The molecule has 0 aromatic carbocycles. The Balaban J connectivity index is 2.03. The smallest absolute Gasteiger partial charge is 0.0737 e. The van der Waals surface area contributed by atoms with Crippen LogP contribution in [0.25, 0.3) is 0 Å². The average Bonchev–Trinajstić information content (AvgIpc) is 2.75. The van der Waals surface area contributed by atoms with Gasteiger partial charge in [0, 0.05) is 5.92 Å². The van der Waals surface area contributed by atoms with Gasteiger partial charge >= 0.3 is 0 Å². The normalized spacial score (nSPS) is 60.4. The molecule has 0 heterocycles. The fourth-order valence-electron chi connectivity index (χ4n) is 5.13. The molecule has 17 heavy (non-hydrogen) atoms. The summed E-state index contributed by atoms with van der Waals surface area (Å²) in [5.74, 6) is 1.11. The third kappa shape index (κ3) is 1.46. The van der Waals surface area contributed by atoms with Crippen molar-refractivity contribution in [2.24, 2.45) is 28.6 Å². The predicted octanol–water partition coefficient (Wildman–Crippen LogP) is 2.58. The van der Waals surface area contributed by atoms with E-state index in [2.05, 4.69) is 20.8 Å². The topological polar surface area (TPSA) is 40.5 Å². The van der Waals surface area contributed by atoms with Gasteiger partial charge in [-0.1, -0.05) is 27.7 Å². The first-order valence-electron chi connectivity index (χ1n) is 7.09. The second kappa shape index (κ2) is 3.08.